The summed E-state index contributed by atoms with van der Waals surface area (Å²) in [6, 6.07) is 4.60. The van der Waals surface area contributed by atoms with Crippen molar-refractivity contribution >= 4 is 15.7 Å². The van der Waals surface area contributed by atoms with E-state index in [-0.39, 0.29) is 10.5 Å². The minimum atomic E-state index is -3.71. The molecule has 0 aliphatic carbocycles. The summed E-state index contributed by atoms with van der Waals surface area (Å²) < 4.78 is 32.6. The van der Waals surface area contributed by atoms with E-state index in [1.54, 1.807) is 12.1 Å². The van der Waals surface area contributed by atoms with Crippen LogP contribution in [0.2, 0.25) is 0 Å². The minimum absolute atomic E-state index is 0.0743. The molecule has 2 heterocycles. The molecule has 0 spiro atoms. The van der Waals surface area contributed by atoms with Crippen molar-refractivity contribution in [3.05, 3.63) is 41.2 Å². The lowest BCUT2D eigenvalue weighted by Crippen LogP contribution is -2.23. The van der Waals surface area contributed by atoms with Gasteiger partial charge in [0.1, 0.15) is 5.75 Å². The molecular weight excluding hydrogens is 334 g/mol. The molecule has 24 heavy (non-hydrogen) atoms. The number of aromatic nitrogens is 4. The lowest BCUT2D eigenvalue weighted by molar-refractivity contribution is 0.414. The Morgan fingerprint density at radius 2 is 2.00 bits per heavy atom. The minimum Gasteiger partial charge on any atom is -0.497 e. The fraction of sp³-hybridized carbons (Fsp3) is 0.214. The number of aromatic amines is 1. The molecule has 1 aromatic carbocycles. The number of methoxy groups -OCH3 is 1. The van der Waals surface area contributed by atoms with Crippen LogP contribution >= 0.6 is 0 Å². The van der Waals surface area contributed by atoms with Gasteiger partial charge in [0.05, 0.1) is 24.5 Å². The molecule has 0 amide bonds. The number of ether oxygens (including phenoxy) is 1. The molecule has 9 nitrogen and oxygen atoms in total. The third kappa shape index (κ3) is 2.45. The molecule has 0 saturated heterocycles. The van der Waals surface area contributed by atoms with Crippen molar-refractivity contribution in [1.82, 2.24) is 23.9 Å². The van der Waals surface area contributed by atoms with E-state index in [4.69, 9.17) is 4.74 Å². The zero-order valence-electron chi connectivity index (χ0n) is 13.2. The first-order valence-corrected chi connectivity index (χ1v) is 8.32. The molecular formula is C14H15N5O4S. The fourth-order valence-electron chi connectivity index (χ4n) is 2.28. The van der Waals surface area contributed by atoms with Gasteiger partial charge in [-0.25, -0.2) is 22.5 Å². The second-order valence-electron chi connectivity index (χ2n) is 5.15. The Labute approximate surface area is 137 Å². The van der Waals surface area contributed by atoms with Crippen LogP contribution in [0, 0.1) is 0 Å². The van der Waals surface area contributed by atoms with Crippen LogP contribution in [0.1, 0.15) is 0 Å². The summed E-state index contributed by atoms with van der Waals surface area (Å²) >= 11 is 0. The predicted octanol–water partition coefficient (Wildman–Crippen LogP) is 0.343. The van der Waals surface area contributed by atoms with E-state index >= 15 is 0 Å². The second-order valence-corrected chi connectivity index (χ2v) is 7.27. The van der Waals surface area contributed by atoms with E-state index in [0.717, 1.165) is 8.82 Å². The normalized spacial score (nSPS) is 12.0. The molecule has 1 N–H and O–H groups in total. The highest BCUT2D eigenvalue weighted by atomic mass is 32.2. The molecule has 126 valence electrons. The SMILES string of the molecule is COc1ccc(S(=O)(=O)N(C)C)c(-c2cnn3c(=O)[nH]cnc23)c1. The number of benzene rings is 1. The van der Waals surface area contributed by atoms with Crippen molar-refractivity contribution in [3.8, 4) is 16.9 Å². The van der Waals surface area contributed by atoms with Gasteiger partial charge < -0.3 is 4.74 Å². The first kappa shape index (κ1) is 16.1. The Hall–Kier alpha value is -2.72. The highest BCUT2D eigenvalue weighted by molar-refractivity contribution is 7.89. The number of hydrogen-bond donors (Lipinski definition) is 1. The van der Waals surface area contributed by atoms with Crippen LogP contribution in [0.4, 0.5) is 0 Å². The average molecular weight is 349 g/mol. The number of hydrogen-bond acceptors (Lipinski definition) is 6. The lowest BCUT2D eigenvalue weighted by Gasteiger charge is -2.15. The van der Waals surface area contributed by atoms with Crippen molar-refractivity contribution in [2.75, 3.05) is 21.2 Å². The van der Waals surface area contributed by atoms with E-state index in [1.807, 2.05) is 0 Å². The topological polar surface area (TPSA) is 110 Å². The summed E-state index contributed by atoms with van der Waals surface area (Å²) in [5.41, 5.74) is 0.560. The molecule has 0 unspecified atom stereocenters. The van der Waals surface area contributed by atoms with Gasteiger partial charge in [0, 0.05) is 25.2 Å². The van der Waals surface area contributed by atoms with Crippen molar-refractivity contribution in [1.29, 1.82) is 0 Å². The third-order valence-electron chi connectivity index (χ3n) is 3.55. The Bertz CT molecular complexity index is 1070. The molecule has 2 aromatic heterocycles. The summed E-state index contributed by atoms with van der Waals surface area (Å²) in [5.74, 6) is 0.479. The van der Waals surface area contributed by atoms with Crippen LogP contribution < -0.4 is 10.4 Å². The first-order valence-electron chi connectivity index (χ1n) is 6.88. The van der Waals surface area contributed by atoms with Crippen molar-refractivity contribution < 1.29 is 13.2 Å². The Kier molecular flexibility index (Phi) is 3.85. The molecule has 0 fully saturated rings. The van der Waals surface area contributed by atoms with Crippen LogP contribution in [-0.2, 0) is 10.0 Å². The van der Waals surface area contributed by atoms with Gasteiger partial charge in [-0.2, -0.15) is 9.61 Å². The smallest absolute Gasteiger partial charge is 0.349 e. The highest BCUT2D eigenvalue weighted by Crippen LogP contribution is 2.33. The number of nitrogens with one attached hydrogen (secondary N) is 1. The van der Waals surface area contributed by atoms with Crippen LogP contribution in [-0.4, -0.2) is 53.5 Å². The monoisotopic (exact) mass is 349 g/mol. The molecule has 3 rings (SSSR count). The van der Waals surface area contributed by atoms with Crippen LogP contribution in [0.5, 0.6) is 5.75 Å². The van der Waals surface area contributed by atoms with Gasteiger partial charge in [-0.15, -0.1) is 0 Å². The van der Waals surface area contributed by atoms with Gasteiger partial charge in [0.2, 0.25) is 10.0 Å². The summed E-state index contributed by atoms with van der Waals surface area (Å²) in [6.07, 6.45) is 2.64. The number of rotatable bonds is 4. The van der Waals surface area contributed by atoms with Gasteiger partial charge in [-0.1, -0.05) is 0 Å². The fourth-order valence-corrected chi connectivity index (χ4v) is 3.36. The predicted molar refractivity (Wildman–Crippen MR) is 86.5 cm³/mol. The maximum Gasteiger partial charge on any atom is 0.349 e. The van der Waals surface area contributed by atoms with Gasteiger partial charge in [-0.3, -0.25) is 4.98 Å². The zero-order chi connectivity index (χ0) is 17.5. The summed E-state index contributed by atoms with van der Waals surface area (Å²) in [4.78, 5) is 18.4. The maximum atomic E-state index is 12.6. The van der Waals surface area contributed by atoms with Crippen LogP contribution in [0.15, 0.2) is 40.4 Å². The Morgan fingerprint density at radius 1 is 1.25 bits per heavy atom. The first-order chi connectivity index (χ1) is 11.4. The number of H-pyrrole nitrogens is 1. The zero-order valence-corrected chi connectivity index (χ0v) is 14.0. The van der Waals surface area contributed by atoms with Gasteiger partial charge in [0.25, 0.3) is 0 Å². The molecule has 3 aromatic rings. The molecule has 0 aliphatic heterocycles. The van der Waals surface area contributed by atoms with E-state index in [1.165, 1.54) is 39.8 Å². The summed E-state index contributed by atoms with van der Waals surface area (Å²) in [7, 11) is 0.668. The number of nitrogens with zero attached hydrogens (tertiary/aromatic N) is 4. The molecule has 0 saturated carbocycles. The molecule has 10 heteroatoms. The maximum absolute atomic E-state index is 12.6. The molecule has 0 bridgehead atoms. The van der Waals surface area contributed by atoms with E-state index in [0.29, 0.717) is 16.9 Å². The van der Waals surface area contributed by atoms with Crippen molar-refractivity contribution in [2.24, 2.45) is 0 Å². The van der Waals surface area contributed by atoms with Crippen LogP contribution in [0.3, 0.4) is 0 Å². The standard InChI is InChI=1S/C14H15N5O4S/c1-18(2)24(21,22)12-5-4-9(23-3)6-10(12)11-7-17-19-13(11)15-8-16-14(19)20/h4-8H,1-3H3,(H,15,16,20). The molecule has 0 atom stereocenters. The summed E-state index contributed by atoms with van der Waals surface area (Å²) in [6.45, 7) is 0. The molecule has 0 radical (unpaired) electrons. The number of sulfonamides is 1. The van der Waals surface area contributed by atoms with Gasteiger partial charge in [-0.05, 0) is 18.2 Å². The average Bonchev–Trinajstić information content (AvgIpc) is 2.99. The highest BCUT2D eigenvalue weighted by Gasteiger charge is 2.24. The van der Waals surface area contributed by atoms with E-state index in [2.05, 4.69) is 15.1 Å². The lowest BCUT2D eigenvalue weighted by atomic mass is 10.1. The van der Waals surface area contributed by atoms with Crippen molar-refractivity contribution in [2.45, 2.75) is 4.90 Å². The molecule has 0 aliphatic rings. The van der Waals surface area contributed by atoms with E-state index < -0.39 is 15.7 Å². The van der Waals surface area contributed by atoms with Gasteiger partial charge >= 0.3 is 5.69 Å². The number of fused-ring (bicyclic) bond motifs is 1. The van der Waals surface area contributed by atoms with E-state index in [9.17, 15) is 13.2 Å². The van der Waals surface area contributed by atoms with Gasteiger partial charge in [0.15, 0.2) is 5.65 Å². The quantitative estimate of drug-likeness (QED) is 0.727. The summed E-state index contributed by atoms with van der Waals surface area (Å²) in [5, 5.41) is 3.98. The third-order valence-corrected chi connectivity index (χ3v) is 5.42. The largest absolute Gasteiger partial charge is 0.497 e. The Morgan fingerprint density at radius 3 is 2.67 bits per heavy atom. The van der Waals surface area contributed by atoms with Crippen LogP contribution in [0.25, 0.3) is 16.8 Å². The van der Waals surface area contributed by atoms with Crippen molar-refractivity contribution in [3.63, 3.8) is 0 Å². The second kappa shape index (κ2) is 5.73. The Balaban J connectivity index is 2.37.